The molecule has 0 radical (unpaired) electrons. The van der Waals surface area contributed by atoms with Crippen LogP contribution in [0.1, 0.15) is 19.3 Å². The van der Waals surface area contributed by atoms with Gasteiger partial charge in [0.1, 0.15) is 9.79 Å². The van der Waals surface area contributed by atoms with E-state index in [9.17, 15) is 16.8 Å². The number of nitrogens with two attached hydrogens (primary N) is 1. The van der Waals surface area contributed by atoms with Crippen LogP contribution in [0.2, 0.25) is 0 Å². The van der Waals surface area contributed by atoms with Crippen LogP contribution in [-0.4, -0.2) is 58.2 Å². The molecule has 7 nitrogen and oxygen atoms in total. The lowest BCUT2D eigenvalue weighted by molar-refractivity contribution is 0.453. The van der Waals surface area contributed by atoms with Gasteiger partial charge in [0, 0.05) is 26.2 Å². The lowest BCUT2D eigenvalue weighted by Gasteiger charge is -2.21. The van der Waals surface area contributed by atoms with Crippen LogP contribution in [0.3, 0.4) is 0 Å². The minimum atomic E-state index is -3.85. The van der Waals surface area contributed by atoms with Crippen LogP contribution in [0.5, 0.6) is 0 Å². The normalized spacial score (nSPS) is 22.8. The van der Waals surface area contributed by atoms with Crippen LogP contribution in [-0.2, 0) is 20.0 Å². The minimum Gasteiger partial charge on any atom is -0.330 e. The maximum absolute atomic E-state index is 13.0. The van der Waals surface area contributed by atoms with Crippen molar-refractivity contribution in [3.8, 4) is 0 Å². The number of hydrogen-bond donors (Lipinski definition) is 1. The van der Waals surface area contributed by atoms with E-state index in [1.54, 1.807) is 12.1 Å². The van der Waals surface area contributed by atoms with E-state index in [2.05, 4.69) is 0 Å². The molecule has 1 aromatic rings. The molecule has 0 amide bonds. The molecule has 3 rings (SSSR count). The molecule has 10 heteroatoms. The van der Waals surface area contributed by atoms with Gasteiger partial charge in [-0.2, -0.15) is 8.61 Å². The Kier molecular flexibility index (Phi) is 6.50. The Bertz CT molecular complexity index is 808. The van der Waals surface area contributed by atoms with Crippen LogP contribution in [0.4, 0.5) is 0 Å². The second-order valence-corrected chi connectivity index (χ2v) is 10.1. The Morgan fingerprint density at radius 1 is 0.920 bits per heavy atom. The molecule has 2 fully saturated rings. The predicted octanol–water partition coefficient (Wildman–Crippen LogP) is 0.862. The van der Waals surface area contributed by atoms with E-state index in [1.807, 2.05) is 0 Å². The Morgan fingerprint density at radius 2 is 1.44 bits per heavy atom. The van der Waals surface area contributed by atoms with Crippen LogP contribution in [0.25, 0.3) is 0 Å². The maximum atomic E-state index is 13.0. The van der Waals surface area contributed by atoms with Crippen molar-refractivity contribution in [3.63, 3.8) is 0 Å². The number of benzene rings is 1. The Morgan fingerprint density at radius 3 is 1.92 bits per heavy atom. The van der Waals surface area contributed by atoms with Crippen molar-refractivity contribution in [3.05, 3.63) is 24.3 Å². The molecule has 2 N–H and O–H groups in total. The van der Waals surface area contributed by atoms with E-state index in [4.69, 9.17) is 5.73 Å². The first-order valence-corrected chi connectivity index (χ1v) is 11.0. The number of hydrogen-bond acceptors (Lipinski definition) is 5. The Balaban J connectivity index is 0.00000225. The monoisotopic (exact) mass is 409 g/mol. The second-order valence-electron chi connectivity index (χ2n) is 6.31. The molecular formula is C15H24ClN3O4S2. The Labute approximate surface area is 155 Å². The SMILES string of the molecule is Cl.NCC1CCN(S(=O)(=O)c2ccccc2S(=O)(=O)N2CCCC2)C1. The Hall–Kier alpha value is -0.710. The van der Waals surface area contributed by atoms with E-state index < -0.39 is 20.0 Å². The largest absolute Gasteiger partial charge is 0.330 e. The molecule has 0 aliphatic carbocycles. The molecule has 0 saturated carbocycles. The first kappa shape index (κ1) is 20.6. The summed E-state index contributed by atoms with van der Waals surface area (Å²) in [5, 5.41) is 0. The lowest BCUT2D eigenvalue weighted by atomic mass is 10.1. The van der Waals surface area contributed by atoms with Gasteiger partial charge in [0.05, 0.1) is 0 Å². The van der Waals surface area contributed by atoms with Crippen molar-refractivity contribution in [1.29, 1.82) is 0 Å². The van der Waals surface area contributed by atoms with Crippen LogP contribution in [0, 0.1) is 5.92 Å². The average Bonchev–Trinajstić information content (AvgIpc) is 3.26. The number of sulfonamides is 2. The third kappa shape index (κ3) is 3.86. The molecule has 1 unspecified atom stereocenters. The van der Waals surface area contributed by atoms with Crippen molar-refractivity contribution in [2.45, 2.75) is 29.1 Å². The van der Waals surface area contributed by atoms with E-state index in [0.29, 0.717) is 39.1 Å². The minimum absolute atomic E-state index is 0. The summed E-state index contributed by atoms with van der Waals surface area (Å²) in [5.41, 5.74) is 5.64. The number of nitrogens with zero attached hydrogens (tertiary/aromatic N) is 2. The summed E-state index contributed by atoms with van der Waals surface area (Å²) < 4.78 is 54.4. The molecule has 142 valence electrons. The summed E-state index contributed by atoms with van der Waals surface area (Å²) in [4.78, 5) is -0.252. The molecule has 25 heavy (non-hydrogen) atoms. The van der Waals surface area contributed by atoms with Crippen molar-refractivity contribution in [1.82, 2.24) is 8.61 Å². The summed E-state index contributed by atoms with van der Waals surface area (Å²) in [5.74, 6) is 0.127. The summed E-state index contributed by atoms with van der Waals surface area (Å²) in [6.07, 6.45) is 2.31. The molecule has 2 heterocycles. The zero-order valence-electron chi connectivity index (χ0n) is 13.9. The predicted molar refractivity (Wildman–Crippen MR) is 97.6 cm³/mol. The van der Waals surface area contributed by atoms with E-state index in [0.717, 1.165) is 12.8 Å². The fraction of sp³-hybridized carbons (Fsp3) is 0.600. The van der Waals surface area contributed by atoms with Gasteiger partial charge < -0.3 is 5.73 Å². The highest BCUT2D eigenvalue weighted by Gasteiger charge is 2.37. The van der Waals surface area contributed by atoms with Gasteiger partial charge in [0.2, 0.25) is 20.0 Å². The fourth-order valence-corrected chi connectivity index (χ4v) is 7.12. The molecule has 0 spiro atoms. The van der Waals surface area contributed by atoms with Gasteiger partial charge in [-0.3, -0.25) is 0 Å². The van der Waals surface area contributed by atoms with Gasteiger partial charge in [-0.1, -0.05) is 12.1 Å². The summed E-state index contributed by atoms with van der Waals surface area (Å²) in [6.45, 7) is 2.03. The molecule has 1 aromatic carbocycles. The first-order chi connectivity index (χ1) is 11.4. The van der Waals surface area contributed by atoms with E-state index >= 15 is 0 Å². The quantitative estimate of drug-likeness (QED) is 0.777. The third-order valence-electron chi connectivity index (χ3n) is 4.73. The fourth-order valence-electron chi connectivity index (χ4n) is 3.29. The maximum Gasteiger partial charge on any atom is 0.244 e. The standard InChI is InChI=1S/C15H23N3O4S2.ClH/c16-11-13-7-10-18(12-13)24(21,22)15-6-2-1-5-14(15)23(19,20)17-8-3-4-9-17;/h1-2,5-6,13H,3-4,7-12,16H2;1H. The summed E-state index contributed by atoms with van der Waals surface area (Å²) in [7, 11) is -7.65. The van der Waals surface area contributed by atoms with Crippen molar-refractivity contribution in [2.75, 3.05) is 32.7 Å². The van der Waals surface area contributed by atoms with Crippen molar-refractivity contribution >= 4 is 32.5 Å². The topological polar surface area (TPSA) is 101 Å². The molecule has 0 bridgehead atoms. The van der Waals surface area contributed by atoms with Crippen molar-refractivity contribution in [2.24, 2.45) is 11.7 Å². The molecule has 1 atom stereocenters. The summed E-state index contributed by atoms with van der Waals surface area (Å²) >= 11 is 0. The number of rotatable bonds is 5. The molecule has 2 aliphatic rings. The lowest BCUT2D eigenvalue weighted by Crippen LogP contribution is -2.33. The molecular weight excluding hydrogens is 386 g/mol. The highest BCUT2D eigenvalue weighted by atomic mass is 35.5. The highest BCUT2D eigenvalue weighted by Crippen LogP contribution is 2.30. The smallest absolute Gasteiger partial charge is 0.244 e. The zero-order chi connectivity index (χ0) is 17.4. The van der Waals surface area contributed by atoms with Gasteiger partial charge in [0.25, 0.3) is 0 Å². The van der Waals surface area contributed by atoms with Gasteiger partial charge in [-0.05, 0) is 43.9 Å². The molecule has 0 aromatic heterocycles. The highest BCUT2D eigenvalue weighted by molar-refractivity contribution is 7.92. The number of halogens is 1. The first-order valence-electron chi connectivity index (χ1n) is 8.17. The van der Waals surface area contributed by atoms with Gasteiger partial charge in [0.15, 0.2) is 0 Å². The summed E-state index contributed by atoms with van der Waals surface area (Å²) in [6, 6.07) is 5.89. The van der Waals surface area contributed by atoms with Crippen molar-refractivity contribution < 1.29 is 16.8 Å². The van der Waals surface area contributed by atoms with Gasteiger partial charge in [-0.25, -0.2) is 16.8 Å². The molecule has 2 saturated heterocycles. The van der Waals surface area contributed by atoms with E-state index in [-0.39, 0.29) is 28.1 Å². The molecule has 2 aliphatic heterocycles. The average molecular weight is 410 g/mol. The zero-order valence-corrected chi connectivity index (χ0v) is 16.3. The van der Waals surface area contributed by atoms with Crippen LogP contribution in [0.15, 0.2) is 34.1 Å². The van der Waals surface area contributed by atoms with E-state index in [1.165, 1.54) is 20.7 Å². The second kappa shape index (κ2) is 7.89. The van der Waals surface area contributed by atoms with Gasteiger partial charge >= 0.3 is 0 Å². The van der Waals surface area contributed by atoms with Crippen LogP contribution < -0.4 is 5.73 Å². The third-order valence-corrected chi connectivity index (χ3v) is 8.74. The van der Waals surface area contributed by atoms with Gasteiger partial charge in [-0.15, -0.1) is 12.4 Å². The van der Waals surface area contributed by atoms with Crippen LogP contribution >= 0.6 is 12.4 Å².